The molecule has 6 heavy (non-hydrogen) atoms. The van der Waals surface area contributed by atoms with Gasteiger partial charge < -0.3 is 4.74 Å². The van der Waals surface area contributed by atoms with Crippen LogP contribution in [-0.4, -0.2) is 20.2 Å². The van der Waals surface area contributed by atoms with E-state index in [0.29, 0.717) is 6.02 Å². The van der Waals surface area contributed by atoms with Gasteiger partial charge in [0.05, 0.1) is 14.2 Å². The molecule has 36 valence electrons. The summed E-state index contributed by atoms with van der Waals surface area (Å²) >= 11 is 0. The lowest BCUT2D eigenvalue weighted by Gasteiger charge is -1.82. The molecule has 0 aliphatic rings. The molecule has 0 aliphatic heterocycles. The molecule has 0 aliphatic carbocycles. The number of methoxy groups -OCH3 is 1. The first-order valence-corrected chi connectivity index (χ1v) is 1.65. The van der Waals surface area contributed by atoms with E-state index in [9.17, 15) is 0 Å². The van der Waals surface area contributed by atoms with Gasteiger partial charge in [-0.05, 0) is 0 Å². The van der Waals surface area contributed by atoms with Crippen molar-refractivity contribution in [2.24, 2.45) is 5.73 Å². The highest BCUT2D eigenvalue weighted by molar-refractivity contribution is 5.64. The van der Waals surface area contributed by atoms with Crippen molar-refractivity contribution < 1.29 is 9.73 Å². The molecule has 0 heterocycles. The summed E-state index contributed by atoms with van der Waals surface area (Å²) in [4.78, 5) is 2.59. The Labute approximate surface area is 36.8 Å². The fraction of sp³-hybridized carbons (Fsp3) is 0.667. The first kappa shape index (κ1) is 5.27. The van der Waals surface area contributed by atoms with Crippen LogP contribution in [0.1, 0.15) is 0 Å². The quantitative estimate of drug-likeness (QED) is 0.258. The zero-order valence-corrected chi connectivity index (χ0v) is 3.99. The van der Waals surface area contributed by atoms with Crippen molar-refractivity contribution in [3.63, 3.8) is 0 Å². The summed E-state index contributed by atoms with van der Waals surface area (Å²) in [5.41, 5.74) is 5.06. The van der Waals surface area contributed by atoms with Crippen molar-refractivity contribution in [3.8, 4) is 0 Å². The molecule has 0 bridgehead atoms. The summed E-state index contributed by atoms with van der Waals surface area (Å²) in [6.45, 7) is 0. The minimum absolute atomic E-state index is 0.343. The second kappa shape index (κ2) is 2.50. The molecule has 0 saturated carbocycles. The molecule has 3 N–H and O–H groups in total. The van der Waals surface area contributed by atoms with Crippen LogP contribution in [0.5, 0.6) is 0 Å². The van der Waals surface area contributed by atoms with Gasteiger partial charge in [0.25, 0.3) is 0 Å². The van der Waals surface area contributed by atoms with Gasteiger partial charge in [-0.2, -0.15) is 0 Å². The number of ether oxygens (including phenoxy) is 1. The van der Waals surface area contributed by atoms with E-state index < -0.39 is 0 Å². The average Bonchev–Trinajstić information content (AvgIpc) is 1.65. The second-order valence-electron chi connectivity index (χ2n) is 0.818. The Morgan fingerprint density at radius 1 is 1.83 bits per heavy atom. The minimum Gasteiger partial charge on any atom is -0.435 e. The molecule has 0 rings (SSSR count). The maximum absolute atomic E-state index is 5.06. The van der Waals surface area contributed by atoms with Crippen LogP contribution in [0.3, 0.4) is 0 Å². The lowest BCUT2D eigenvalue weighted by molar-refractivity contribution is -0.432. The molecule has 0 aromatic rings. The van der Waals surface area contributed by atoms with Crippen LogP contribution in [0.25, 0.3) is 0 Å². The van der Waals surface area contributed by atoms with Crippen molar-refractivity contribution in [3.05, 3.63) is 0 Å². The Hall–Kier alpha value is -0.730. The van der Waals surface area contributed by atoms with E-state index in [-0.39, 0.29) is 0 Å². The van der Waals surface area contributed by atoms with Crippen molar-refractivity contribution in [1.82, 2.24) is 0 Å². The lowest BCUT2D eigenvalue weighted by Crippen LogP contribution is -2.71. The summed E-state index contributed by atoms with van der Waals surface area (Å²) in [6.07, 6.45) is 0. The number of rotatable bonds is 0. The summed E-state index contributed by atoms with van der Waals surface area (Å²) < 4.78 is 4.48. The Morgan fingerprint density at radius 3 is 2.33 bits per heavy atom. The van der Waals surface area contributed by atoms with Crippen LogP contribution in [0.15, 0.2) is 0 Å². The van der Waals surface area contributed by atoms with E-state index in [1.807, 2.05) is 0 Å². The molecule has 3 nitrogen and oxygen atoms in total. The monoisotopic (exact) mass is 89.1 g/mol. The fourth-order valence-corrected chi connectivity index (χ4v) is 0.102. The average molecular weight is 89.1 g/mol. The zero-order chi connectivity index (χ0) is 4.99. The summed E-state index contributed by atoms with van der Waals surface area (Å²) in [7, 11) is 3.20. The topological polar surface area (TPSA) is 49.2 Å². The van der Waals surface area contributed by atoms with E-state index in [1.54, 1.807) is 7.05 Å². The second-order valence-corrected chi connectivity index (χ2v) is 0.818. The first-order valence-electron chi connectivity index (χ1n) is 1.65. The lowest BCUT2D eigenvalue weighted by atomic mass is 11.1. The molecule has 0 aromatic heterocycles. The number of amidine groups is 1. The largest absolute Gasteiger partial charge is 0.439 e. The smallest absolute Gasteiger partial charge is 0.435 e. The molecule has 0 radical (unpaired) electrons. The predicted molar refractivity (Wildman–Crippen MR) is 23.1 cm³/mol. The third-order valence-corrected chi connectivity index (χ3v) is 0.466. The molecular weight excluding hydrogens is 80.0 g/mol. The molecule has 0 saturated heterocycles. The third-order valence-electron chi connectivity index (χ3n) is 0.466. The van der Waals surface area contributed by atoms with Crippen LogP contribution in [-0.2, 0) is 4.74 Å². The van der Waals surface area contributed by atoms with Crippen LogP contribution in [0.4, 0.5) is 0 Å². The summed E-state index contributed by atoms with van der Waals surface area (Å²) in [5.74, 6) is 0. The van der Waals surface area contributed by atoms with E-state index >= 15 is 0 Å². The Balaban J connectivity index is 3.22. The predicted octanol–water partition coefficient (Wildman–Crippen LogP) is -2.34. The molecule has 0 atom stereocenters. The third kappa shape index (κ3) is 1.58. The van der Waals surface area contributed by atoms with Crippen molar-refractivity contribution in [2.45, 2.75) is 0 Å². The van der Waals surface area contributed by atoms with Crippen LogP contribution in [0.2, 0.25) is 0 Å². The van der Waals surface area contributed by atoms with Gasteiger partial charge in [0.1, 0.15) is 0 Å². The molecule has 0 unspecified atom stereocenters. The van der Waals surface area contributed by atoms with Crippen LogP contribution < -0.4 is 10.7 Å². The van der Waals surface area contributed by atoms with Gasteiger partial charge in [-0.25, -0.2) is 4.99 Å². The molecule has 3 heteroatoms. The fourth-order valence-electron chi connectivity index (χ4n) is 0.102. The first-order chi connectivity index (χ1) is 2.81. The highest BCUT2D eigenvalue weighted by Gasteiger charge is 1.84. The highest BCUT2D eigenvalue weighted by atomic mass is 16.5. The minimum atomic E-state index is 0.343. The number of hydrogen-bond acceptors (Lipinski definition) is 1. The molecule has 0 amide bonds. The van der Waals surface area contributed by atoms with Gasteiger partial charge in [0.2, 0.25) is 0 Å². The van der Waals surface area contributed by atoms with E-state index in [2.05, 4.69) is 9.73 Å². The van der Waals surface area contributed by atoms with Crippen LogP contribution >= 0.6 is 0 Å². The number of nitrogens with two attached hydrogens (primary N) is 1. The van der Waals surface area contributed by atoms with Gasteiger partial charge >= 0.3 is 6.02 Å². The maximum Gasteiger partial charge on any atom is 0.439 e. The molecular formula is C3H9N2O+. The Morgan fingerprint density at radius 2 is 2.33 bits per heavy atom. The molecule has 0 aromatic carbocycles. The summed E-state index contributed by atoms with van der Waals surface area (Å²) in [6, 6.07) is 0.343. The van der Waals surface area contributed by atoms with E-state index in [1.165, 1.54) is 7.11 Å². The molecule has 0 spiro atoms. The standard InChI is InChI=1S/C3H8N2O/c1-5-3(4)6-2/h1-2H3,(H2,4,5)/p+1. The SMILES string of the molecule is C[NH+]=C(N)OC. The van der Waals surface area contributed by atoms with Gasteiger partial charge in [-0.15, -0.1) is 0 Å². The Kier molecular flexibility index (Phi) is 2.20. The molecule has 0 fully saturated rings. The zero-order valence-electron chi connectivity index (χ0n) is 3.99. The van der Waals surface area contributed by atoms with Crippen molar-refractivity contribution in [2.75, 3.05) is 14.2 Å². The number of nitrogens with one attached hydrogen (secondary N) is 1. The van der Waals surface area contributed by atoms with Gasteiger partial charge in [-0.3, -0.25) is 5.73 Å². The summed E-state index contributed by atoms with van der Waals surface area (Å²) in [5, 5.41) is 0. The Bertz CT molecular complexity index is 59.8. The highest BCUT2D eigenvalue weighted by Crippen LogP contribution is 1.43. The van der Waals surface area contributed by atoms with Crippen molar-refractivity contribution in [1.29, 1.82) is 0 Å². The maximum atomic E-state index is 5.06. The normalized spacial score (nSPS) is 11.3. The number of hydrogen-bond donors (Lipinski definition) is 2. The van der Waals surface area contributed by atoms with Crippen LogP contribution in [0, 0.1) is 0 Å². The van der Waals surface area contributed by atoms with Crippen molar-refractivity contribution >= 4 is 6.02 Å². The van der Waals surface area contributed by atoms with Gasteiger partial charge in [-0.1, -0.05) is 0 Å². The van der Waals surface area contributed by atoms with Gasteiger partial charge in [0, 0.05) is 0 Å². The van der Waals surface area contributed by atoms with E-state index in [0.717, 1.165) is 0 Å². The van der Waals surface area contributed by atoms with E-state index in [4.69, 9.17) is 5.73 Å². The van der Waals surface area contributed by atoms with Gasteiger partial charge in [0.15, 0.2) is 0 Å².